The third kappa shape index (κ3) is 2.33. The molecule has 1 rings (SSSR count). The third-order valence-electron chi connectivity index (χ3n) is 1.65. The van der Waals surface area contributed by atoms with E-state index >= 15 is 0 Å². The van der Waals surface area contributed by atoms with E-state index in [4.69, 9.17) is 0 Å². The standard InChI is InChI=1S/C8H13BrN2/c1-6(9)4-8-5-7(2)11(3)10-8/h5-6H,4H2,1-3H3. The Morgan fingerprint density at radius 1 is 1.73 bits per heavy atom. The van der Waals surface area contributed by atoms with Gasteiger partial charge in [0.05, 0.1) is 5.69 Å². The monoisotopic (exact) mass is 216 g/mol. The lowest BCUT2D eigenvalue weighted by Gasteiger charge is -1.96. The van der Waals surface area contributed by atoms with Crippen LogP contribution in [0.4, 0.5) is 0 Å². The van der Waals surface area contributed by atoms with Gasteiger partial charge in [-0.05, 0) is 13.0 Å². The SMILES string of the molecule is Cc1cc(CC(C)Br)nn1C. The summed E-state index contributed by atoms with van der Waals surface area (Å²) in [6.45, 7) is 4.19. The molecule has 0 aromatic carbocycles. The van der Waals surface area contributed by atoms with Gasteiger partial charge in [-0.2, -0.15) is 5.10 Å². The Bertz CT molecular complexity index is 221. The Kier molecular flexibility index (Phi) is 2.71. The van der Waals surface area contributed by atoms with Crippen molar-refractivity contribution in [3.63, 3.8) is 0 Å². The minimum Gasteiger partial charge on any atom is -0.273 e. The number of hydrogen-bond donors (Lipinski definition) is 0. The number of halogens is 1. The lowest BCUT2D eigenvalue weighted by Crippen LogP contribution is -1.98. The van der Waals surface area contributed by atoms with E-state index in [-0.39, 0.29) is 0 Å². The average molecular weight is 217 g/mol. The lowest BCUT2D eigenvalue weighted by molar-refractivity contribution is 0.717. The van der Waals surface area contributed by atoms with Crippen LogP contribution in [0, 0.1) is 6.92 Å². The summed E-state index contributed by atoms with van der Waals surface area (Å²) in [7, 11) is 1.97. The van der Waals surface area contributed by atoms with Crippen molar-refractivity contribution in [1.29, 1.82) is 0 Å². The fourth-order valence-corrected chi connectivity index (χ4v) is 1.35. The van der Waals surface area contributed by atoms with E-state index in [0.717, 1.165) is 12.1 Å². The van der Waals surface area contributed by atoms with Crippen molar-refractivity contribution in [1.82, 2.24) is 9.78 Å². The van der Waals surface area contributed by atoms with Crippen molar-refractivity contribution in [2.75, 3.05) is 0 Å². The minimum atomic E-state index is 0.511. The van der Waals surface area contributed by atoms with Gasteiger partial charge in [0.15, 0.2) is 0 Å². The highest BCUT2D eigenvalue weighted by molar-refractivity contribution is 9.09. The second kappa shape index (κ2) is 3.39. The van der Waals surface area contributed by atoms with Crippen LogP contribution < -0.4 is 0 Å². The van der Waals surface area contributed by atoms with Crippen LogP contribution >= 0.6 is 15.9 Å². The molecule has 1 aromatic heterocycles. The van der Waals surface area contributed by atoms with Gasteiger partial charge < -0.3 is 0 Å². The summed E-state index contributed by atoms with van der Waals surface area (Å²) in [6, 6.07) is 2.12. The van der Waals surface area contributed by atoms with E-state index in [0.29, 0.717) is 4.83 Å². The Balaban J connectivity index is 2.73. The van der Waals surface area contributed by atoms with E-state index in [9.17, 15) is 0 Å². The zero-order valence-electron chi connectivity index (χ0n) is 7.13. The molecule has 0 amide bonds. The Morgan fingerprint density at radius 3 is 2.73 bits per heavy atom. The van der Waals surface area contributed by atoms with Gasteiger partial charge in [0.2, 0.25) is 0 Å². The first kappa shape index (κ1) is 8.78. The van der Waals surface area contributed by atoms with Crippen molar-refractivity contribution in [3.05, 3.63) is 17.5 Å². The molecule has 0 N–H and O–H groups in total. The summed E-state index contributed by atoms with van der Waals surface area (Å²) in [5, 5.41) is 4.34. The molecule has 0 fully saturated rings. The summed E-state index contributed by atoms with van der Waals surface area (Å²) in [4.78, 5) is 0.511. The van der Waals surface area contributed by atoms with Crippen molar-refractivity contribution in [2.24, 2.45) is 7.05 Å². The number of hydrogen-bond acceptors (Lipinski definition) is 1. The third-order valence-corrected chi connectivity index (χ3v) is 1.98. The maximum absolute atomic E-state index is 4.34. The average Bonchev–Trinajstić information content (AvgIpc) is 2.10. The zero-order chi connectivity index (χ0) is 8.43. The first-order chi connectivity index (χ1) is 5.09. The second-order valence-corrected chi connectivity index (χ2v) is 4.45. The second-order valence-electron chi connectivity index (χ2n) is 2.89. The van der Waals surface area contributed by atoms with Crippen LogP contribution in [0.3, 0.4) is 0 Å². The van der Waals surface area contributed by atoms with Crippen molar-refractivity contribution < 1.29 is 0 Å². The molecule has 0 saturated carbocycles. The predicted octanol–water partition coefficient (Wildman–Crippen LogP) is 2.05. The largest absolute Gasteiger partial charge is 0.273 e. The Morgan fingerprint density at radius 2 is 2.36 bits per heavy atom. The maximum Gasteiger partial charge on any atom is 0.0638 e. The Labute approximate surface area is 75.7 Å². The van der Waals surface area contributed by atoms with Gasteiger partial charge in [-0.15, -0.1) is 0 Å². The van der Waals surface area contributed by atoms with Gasteiger partial charge in [-0.3, -0.25) is 4.68 Å². The first-order valence-electron chi connectivity index (χ1n) is 3.73. The maximum atomic E-state index is 4.34. The summed E-state index contributed by atoms with van der Waals surface area (Å²) < 4.78 is 1.91. The van der Waals surface area contributed by atoms with Crippen molar-refractivity contribution >= 4 is 15.9 Å². The Hall–Kier alpha value is -0.310. The summed E-state index contributed by atoms with van der Waals surface area (Å²) in [5.74, 6) is 0. The molecule has 1 heterocycles. The van der Waals surface area contributed by atoms with Crippen LogP contribution in [0.2, 0.25) is 0 Å². The van der Waals surface area contributed by atoms with Gasteiger partial charge in [-0.1, -0.05) is 22.9 Å². The molecule has 0 aliphatic carbocycles. The van der Waals surface area contributed by atoms with Crippen LogP contribution in [0.25, 0.3) is 0 Å². The highest BCUT2D eigenvalue weighted by Crippen LogP contribution is 2.08. The van der Waals surface area contributed by atoms with Crippen molar-refractivity contribution in [3.8, 4) is 0 Å². The topological polar surface area (TPSA) is 17.8 Å². The van der Waals surface area contributed by atoms with Gasteiger partial charge >= 0.3 is 0 Å². The number of nitrogens with zero attached hydrogens (tertiary/aromatic N) is 2. The quantitative estimate of drug-likeness (QED) is 0.693. The summed E-state index contributed by atoms with van der Waals surface area (Å²) in [5.41, 5.74) is 2.38. The van der Waals surface area contributed by atoms with Crippen LogP contribution in [-0.2, 0) is 13.5 Å². The molecule has 1 atom stereocenters. The number of aryl methyl sites for hydroxylation is 2. The zero-order valence-corrected chi connectivity index (χ0v) is 8.72. The molecular weight excluding hydrogens is 204 g/mol. The van der Waals surface area contributed by atoms with E-state index in [1.54, 1.807) is 0 Å². The van der Waals surface area contributed by atoms with Crippen LogP contribution in [-0.4, -0.2) is 14.6 Å². The highest BCUT2D eigenvalue weighted by atomic mass is 79.9. The predicted molar refractivity (Wildman–Crippen MR) is 50.0 cm³/mol. The molecule has 0 aliphatic rings. The molecule has 1 aromatic rings. The molecule has 0 spiro atoms. The molecule has 11 heavy (non-hydrogen) atoms. The number of rotatable bonds is 2. The number of aromatic nitrogens is 2. The van der Waals surface area contributed by atoms with Crippen LogP contribution in [0.1, 0.15) is 18.3 Å². The molecule has 2 nitrogen and oxygen atoms in total. The lowest BCUT2D eigenvalue weighted by atomic mass is 10.2. The molecule has 62 valence electrons. The molecule has 0 radical (unpaired) electrons. The number of alkyl halides is 1. The smallest absolute Gasteiger partial charge is 0.0638 e. The summed E-state index contributed by atoms with van der Waals surface area (Å²) in [6.07, 6.45) is 1.00. The van der Waals surface area contributed by atoms with Gasteiger partial charge in [0.1, 0.15) is 0 Å². The molecular formula is C8H13BrN2. The first-order valence-corrected chi connectivity index (χ1v) is 4.64. The van der Waals surface area contributed by atoms with Crippen LogP contribution in [0.5, 0.6) is 0 Å². The van der Waals surface area contributed by atoms with Gasteiger partial charge in [0.25, 0.3) is 0 Å². The molecule has 3 heteroatoms. The van der Waals surface area contributed by atoms with E-state index in [1.165, 1.54) is 5.69 Å². The van der Waals surface area contributed by atoms with Crippen LogP contribution in [0.15, 0.2) is 6.07 Å². The molecule has 0 bridgehead atoms. The fraction of sp³-hybridized carbons (Fsp3) is 0.625. The summed E-state index contributed by atoms with van der Waals surface area (Å²) >= 11 is 3.50. The van der Waals surface area contributed by atoms with E-state index in [2.05, 4.69) is 40.9 Å². The molecule has 1 unspecified atom stereocenters. The molecule has 0 saturated heterocycles. The highest BCUT2D eigenvalue weighted by Gasteiger charge is 2.03. The van der Waals surface area contributed by atoms with E-state index in [1.807, 2.05) is 11.7 Å². The van der Waals surface area contributed by atoms with E-state index < -0.39 is 0 Å². The van der Waals surface area contributed by atoms with Gasteiger partial charge in [-0.25, -0.2) is 0 Å². The van der Waals surface area contributed by atoms with Gasteiger partial charge in [0, 0.05) is 24.0 Å². The molecule has 0 aliphatic heterocycles. The fourth-order valence-electron chi connectivity index (χ4n) is 1.02. The minimum absolute atomic E-state index is 0.511. The normalized spacial score (nSPS) is 13.5. The van der Waals surface area contributed by atoms with Crippen molar-refractivity contribution in [2.45, 2.75) is 25.1 Å².